The Hall–Kier alpha value is -3.57. The van der Waals surface area contributed by atoms with Gasteiger partial charge in [0.15, 0.2) is 18.1 Å². The molecule has 0 bridgehead atoms. The zero-order chi connectivity index (χ0) is 26.2. The first-order chi connectivity index (χ1) is 17.4. The van der Waals surface area contributed by atoms with Gasteiger partial charge in [-0.2, -0.15) is 0 Å². The highest BCUT2D eigenvalue weighted by Crippen LogP contribution is 2.45. The lowest BCUT2D eigenvalue weighted by Gasteiger charge is -2.16. The van der Waals surface area contributed by atoms with Gasteiger partial charge in [-0.1, -0.05) is 30.3 Å². The van der Waals surface area contributed by atoms with E-state index < -0.39 is 24.5 Å². The third-order valence-corrected chi connectivity index (χ3v) is 6.61. The average molecular weight is 578 g/mol. The smallest absolute Gasteiger partial charge is 0.341 e. The van der Waals surface area contributed by atoms with E-state index in [0.29, 0.717) is 16.3 Å². The fourth-order valence-electron chi connectivity index (χ4n) is 3.33. The summed E-state index contributed by atoms with van der Waals surface area (Å²) in [5.41, 5.74) is 1.75. The Morgan fingerprint density at radius 1 is 0.944 bits per heavy atom. The molecule has 2 aromatic carbocycles. The highest BCUT2D eigenvalue weighted by molar-refractivity contribution is 9.10. The van der Waals surface area contributed by atoms with E-state index in [2.05, 4.69) is 21.2 Å². The van der Waals surface area contributed by atoms with Crippen LogP contribution in [0, 0.1) is 0 Å². The minimum atomic E-state index is -0.793. The summed E-state index contributed by atoms with van der Waals surface area (Å²) < 4.78 is 26.6. The van der Waals surface area contributed by atoms with Crippen LogP contribution in [-0.4, -0.2) is 52.4 Å². The van der Waals surface area contributed by atoms with E-state index in [1.807, 2.05) is 30.3 Å². The van der Waals surface area contributed by atoms with Gasteiger partial charge in [0.1, 0.15) is 10.6 Å². The molecule has 1 N–H and O–H groups in total. The molecule has 0 spiro atoms. The molecule has 0 atom stereocenters. The van der Waals surface area contributed by atoms with Gasteiger partial charge in [-0.25, -0.2) is 9.59 Å². The second-order valence-corrected chi connectivity index (χ2v) is 8.74. The number of rotatable bonds is 10. The number of nitrogens with one attached hydrogen (secondary N) is 1. The Labute approximate surface area is 220 Å². The predicted octanol–water partition coefficient (Wildman–Crippen LogP) is 5.18. The van der Waals surface area contributed by atoms with E-state index in [-0.39, 0.29) is 33.7 Å². The number of amides is 1. The fourth-order valence-corrected chi connectivity index (χ4v) is 4.92. The molecular weight excluding hydrogens is 554 g/mol. The summed E-state index contributed by atoms with van der Waals surface area (Å²) in [6.45, 7) is 1.28. The van der Waals surface area contributed by atoms with Crippen molar-refractivity contribution in [3.05, 3.63) is 57.4 Å². The molecule has 9 nitrogen and oxygen atoms in total. The van der Waals surface area contributed by atoms with E-state index in [0.717, 1.165) is 5.56 Å². The van der Waals surface area contributed by atoms with Crippen LogP contribution in [0.1, 0.15) is 27.6 Å². The summed E-state index contributed by atoms with van der Waals surface area (Å²) in [6, 6.07) is 10.7. The highest BCUT2D eigenvalue weighted by atomic mass is 79.9. The van der Waals surface area contributed by atoms with Crippen molar-refractivity contribution in [2.75, 3.05) is 39.9 Å². The van der Waals surface area contributed by atoms with Crippen molar-refractivity contribution in [3.8, 4) is 28.4 Å². The minimum absolute atomic E-state index is 0.0759. The van der Waals surface area contributed by atoms with E-state index in [1.165, 1.54) is 38.7 Å². The van der Waals surface area contributed by atoms with Gasteiger partial charge in [0.05, 0.1) is 38.0 Å². The van der Waals surface area contributed by atoms with E-state index >= 15 is 0 Å². The van der Waals surface area contributed by atoms with Gasteiger partial charge in [0.25, 0.3) is 5.91 Å². The van der Waals surface area contributed by atoms with Gasteiger partial charge in [-0.05, 0) is 34.5 Å². The van der Waals surface area contributed by atoms with Crippen LogP contribution < -0.4 is 19.5 Å². The molecule has 0 unspecified atom stereocenters. The largest absolute Gasteiger partial charge is 0.493 e. The molecule has 190 valence electrons. The third kappa shape index (κ3) is 5.80. The molecule has 3 aromatic rings. The Bertz CT molecular complexity index is 1260. The minimum Gasteiger partial charge on any atom is -0.493 e. The quantitative estimate of drug-likeness (QED) is 0.328. The van der Waals surface area contributed by atoms with Gasteiger partial charge in [-0.15, -0.1) is 11.3 Å². The number of anilines is 1. The van der Waals surface area contributed by atoms with Crippen LogP contribution in [-0.2, 0) is 14.3 Å². The van der Waals surface area contributed by atoms with Crippen LogP contribution in [0.4, 0.5) is 5.00 Å². The van der Waals surface area contributed by atoms with Gasteiger partial charge in [0, 0.05) is 10.9 Å². The maximum atomic E-state index is 12.8. The topological polar surface area (TPSA) is 109 Å². The molecule has 0 fully saturated rings. The number of carbonyl (C=O) groups excluding carboxylic acids is 3. The van der Waals surface area contributed by atoms with Crippen LogP contribution in [0.15, 0.2) is 46.3 Å². The molecule has 1 aromatic heterocycles. The lowest BCUT2D eigenvalue weighted by molar-refractivity contribution is -0.119. The molecule has 1 amide bonds. The van der Waals surface area contributed by atoms with Crippen molar-refractivity contribution < 1.29 is 38.1 Å². The van der Waals surface area contributed by atoms with Crippen molar-refractivity contribution in [3.63, 3.8) is 0 Å². The second-order valence-electron chi connectivity index (χ2n) is 7.07. The van der Waals surface area contributed by atoms with Gasteiger partial charge in [-0.3, -0.25) is 4.79 Å². The summed E-state index contributed by atoms with van der Waals surface area (Å²) >= 11 is 4.48. The molecule has 0 aliphatic heterocycles. The second kappa shape index (κ2) is 12.4. The Morgan fingerprint density at radius 2 is 1.64 bits per heavy atom. The number of halogens is 1. The first-order valence-corrected chi connectivity index (χ1v) is 12.3. The van der Waals surface area contributed by atoms with Crippen LogP contribution in [0.5, 0.6) is 17.2 Å². The van der Waals surface area contributed by atoms with Crippen LogP contribution >= 0.6 is 27.3 Å². The number of methoxy groups -OCH3 is 3. The predicted molar refractivity (Wildman–Crippen MR) is 138 cm³/mol. The number of hydrogen-bond donors (Lipinski definition) is 1. The number of benzene rings is 2. The number of esters is 2. The summed E-state index contributed by atoms with van der Waals surface area (Å²) in [5.74, 6) is -1.21. The molecule has 0 saturated heterocycles. The number of ether oxygens (including phenoxy) is 5. The molecule has 0 saturated carbocycles. The number of carbonyl (C=O) groups is 3. The van der Waals surface area contributed by atoms with Crippen molar-refractivity contribution >= 4 is 50.1 Å². The Kier molecular flexibility index (Phi) is 9.31. The molecule has 36 heavy (non-hydrogen) atoms. The van der Waals surface area contributed by atoms with Crippen molar-refractivity contribution in [1.82, 2.24) is 0 Å². The zero-order valence-corrected chi connectivity index (χ0v) is 22.4. The maximum absolute atomic E-state index is 12.8. The highest BCUT2D eigenvalue weighted by Gasteiger charge is 2.26. The first-order valence-electron chi connectivity index (χ1n) is 10.7. The third-order valence-electron chi connectivity index (χ3n) is 4.93. The molecule has 3 rings (SSSR count). The van der Waals surface area contributed by atoms with Gasteiger partial charge in [0.2, 0.25) is 5.75 Å². The molecule has 0 radical (unpaired) electrons. The first kappa shape index (κ1) is 27.0. The molecule has 0 aliphatic rings. The summed E-state index contributed by atoms with van der Waals surface area (Å²) in [7, 11) is 4.27. The van der Waals surface area contributed by atoms with E-state index in [9.17, 15) is 14.4 Å². The van der Waals surface area contributed by atoms with E-state index in [4.69, 9.17) is 23.7 Å². The van der Waals surface area contributed by atoms with Gasteiger partial charge >= 0.3 is 11.9 Å². The lowest BCUT2D eigenvalue weighted by atomic mass is 10.0. The molecular formula is C25H24BrNO8S. The average Bonchev–Trinajstić information content (AvgIpc) is 3.30. The summed E-state index contributed by atoms with van der Waals surface area (Å²) in [5, 5.41) is 4.70. The fraction of sp³-hybridized carbons (Fsp3) is 0.240. The van der Waals surface area contributed by atoms with E-state index in [1.54, 1.807) is 12.3 Å². The van der Waals surface area contributed by atoms with Crippen LogP contribution in [0.2, 0.25) is 0 Å². The van der Waals surface area contributed by atoms with Gasteiger partial charge < -0.3 is 29.0 Å². The lowest BCUT2D eigenvalue weighted by Crippen LogP contribution is -2.22. The SMILES string of the molecule is CCOC(=O)c1c(-c2ccccc2)csc1NC(=O)COC(=O)c1cc(OC)c(OC)c(OC)c1Br. The van der Waals surface area contributed by atoms with Crippen molar-refractivity contribution in [2.45, 2.75) is 6.92 Å². The number of hydrogen-bond acceptors (Lipinski definition) is 9. The zero-order valence-electron chi connectivity index (χ0n) is 20.0. The summed E-state index contributed by atoms with van der Waals surface area (Å²) in [4.78, 5) is 38.1. The van der Waals surface area contributed by atoms with Crippen LogP contribution in [0.3, 0.4) is 0 Å². The monoisotopic (exact) mass is 577 g/mol. The van der Waals surface area contributed by atoms with Crippen LogP contribution in [0.25, 0.3) is 11.1 Å². The normalized spacial score (nSPS) is 10.4. The molecule has 0 aliphatic carbocycles. The maximum Gasteiger partial charge on any atom is 0.341 e. The molecule has 11 heteroatoms. The van der Waals surface area contributed by atoms with Crippen molar-refractivity contribution in [2.24, 2.45) is 0 Å². The standard InChI is InChI=1S/C25H24BrNO8S/c1-5-34-25(30)19-16(14-9-7-6-8-10-14)13-36-23(19)27-18(28)12-35-24(29)15-11-17(31-2)21(32-3)22(33-4)20(15)26/h6-11,13H,5,12H2,1-4H3,(H,27,28). The van der Waals surface area contributed by atoms with Crippen molar-refractivity contribution in [1.29, 1.82) is 0 Å². The molecule has 1 heterocycles. The summed E-state index contributed by atoms with van der Waals surface area (Å²) in [6.07, 6.45) is 0. The Morgan fingerprint density at radius 3 is 2.25 bits per heavy atom. The number of thiophene rings is 1. The Balaban J connectivity index is 1.79.